The topological polar surface area (TPSA) is 50.9 Å². The van der Waals surface area contributed by atoms with Gasteiger partial charge in [-0.05, 0) is 25.5 Å². The first-order valence-corrected chi connectivity index (χ1v) is 4.27. The zero-order chi connectivity index (χ0) is 8.97. The monoisotopic (exact) mass is 165 g/mol. The Morgan fingerprint density at radius 2 is 2.17 bits per heavy atom. The van der Waals surface area contributed by atoms with E-state index in [0.717, 1.165) is 24.5 Å². The van der Waals surface area contributed by atoms with Gasteiger partial charge in [0.2, 0.25) is 0 Å². The Bertz CT molecular complexity index is 258. The number of nitrogens with one attached hydrogen (secondary N) is 1. The van der Waals surface area contributed by atoms with Crippen LogP contribution in [0.4, 0.5) is 11.5 Å². The minimum Gasteiger partial charge on any atom is -0.396 e. The summed E-state index contributed by atoms with van der Waals surface area (Å²) in [7, 11) is 0. The molecular weight excluding hydrogens is 150 g/mol. The molecule has 1 heterocycles. The van der Waals surface area contributed by atoms with E-state index in [1.807, 2.05) is 19.1 Å². The molecule has 1 aromatic rings. The predicted octanol–water partition coefficient (Wildman–Crippen LogP) is 1.66. The van der Waals surface area contributed by atoms with Crippen molar-refractivity contribution in [2.75, 3.05) is 17.6 Å². The Morgan fingerprint density at radius 1 is 1.42 bits per heavy atom. The summed E-state index contributed by atoms with van der Waals surface area (Å²) in [6.45, 7) is 4.96. The van der Waals surface area contributed by atoms with Crippen molar-refractivity contribution in [2.24, 2.45) is 0 Å². The molecule has 0 aliphatic rings. The molecule has 3 heteroatoms. The predicted molar refractivity (Wildman–Crippen MR) is 52.2 cm³/mol. The summed E-state index contributed by atoms with van der Waals surface area (Å²) in [5.74, 6) is 0.803. The fraction of sp³-hybridized carbons (Fsp3) is 0.444. The molecule has 0 bridgehead atoms. The number of nitrogens with zero attached hydrogens (tertiary/aromatic N) is 1. The normalized spacial score (nSPS) is 9.83. The van der Waals surface area contributed by atoms with Crippen LogP contribution in [0.1, 0.15) is 19.5 Å². The van der Waals surface area contributed by atoms with Crippen molar-refractivity contribution in [3.8, 4) is 0 Å². The Balaban J connectivity index is 2.91. The molecule has 0 radical (unpaired) electrons. The van der Waals surface area contributed by atoms with Gasteiger partial charge in [-0.25, -0.2) is 4.98 Å². The maximum Gasteiger partial charge on any atom is 0.149 e. The highest BCUT2D eigenvalue weighted by Gasteiger charge is 1.99. The molecule has 0 spiro atoms. The summed E-state index contributed by atoms with van der Waals surface area (Å²) in [5.41, 5.74) is 7.49. The van der Waals surface area contributed by atoms with E-state index in [-0.39, 0.29) is 0 Å². The van der Waals surface area contributed by atoms with Crippen LogP contribution in [0.2, 0.25) is 0 Å². The molecule has 3 N–H and O–H groups in total. The van der Waals surface area contributed by atoms with E-state index in [1.54, 1.807) is 0 Å². The number of pyridine rings is 1. The van der Waals surface area contributed by atoms with Crippen molar-refractivity contribution < 1.29 is 0 Å². The number of aromatic nitrogens is 1. The Hall–Kier alpha value is -1.25. The van der Waals surface area contributed by atoms with Crippen LogP contribution in [0.5, 0.6) is 0 Å². The summed E-state index contributed by atoms with van der Waals surface area (Å²) >= 11 is 0. The standard InChI is InChI=1S/C9H15N3/c1-3-7-5-6-8(10)9(12-7)11-4-2/h5-6H,3-4,10H2,1-2H3,(H,11,12). The molecule has 0 atom stereocenters. The summed E-state index contributed by atoms with van der Waals surface area (Å²) < 4.78 is 0. The average Bonchev–Trinajstić information content (AvgIpc) is 2.09. The lowest BCUT2D eigenvalue weighted by Crippen LogP contribution is -2.04. The fourth-order valence-electron chi connectivity index (χ4n) is 1.02. The van der Waals surface area contributed by atoms with Crippen molar-refractivity contribution >= 4 is 11.5 Å². The van der Waals surface area contributed by atoms with Gasteiger partial charge in [0, 0.05) is 12.2 Å². The SMILES string of the molecule is CCNc1nc(CC)ccc1N. The summed E-state index contributed by atoms with van der Waals surface area (Å²) in [6, 6.07) is 3.85. The third-order valence-corrected chi connectivity index (χ3v) is 1.69. The zero-order valence-corrected chi connectivity index (χ0v) is 7.59. The van der Waals surface area contributed by atoms with E-state index in [0.29, 0.717) is 5.69 Å². The molecule has 0 amide bonds. The van der Waals surface area contributed by atoms with Crippen LogP contribution in [0.25, 0.3) is 0 Å². The summed E-state index contributed by atoms with van der Waals surface area (Å²) in [6.07, 6.45) is 0.943. The van der Waals surface area contributed by atoms with E-state index in [9.17, 15) is 0 Å². The lowest BCUT2D eigenvalue weighted by atomic mass is 10.2. The van der Waals surface area contributed by atoms with Crippen LogP contribution >= 0.6 is 0 Å². The zero-order valence-electron chi connectivity index (χ0n) is 7.59. The van der Waals surface area contributed by atoms with Crippen molar-refractivity contribution in [1.29, 1.82) is 0 Å². The van der Waals surface area contributed by atoms with Gasteiger partial charge >= 0.3 is 0 Å². The highest BCUT2D eigenvalue weighted by molar-refractivity contribution is 5.61. The highest BCUT2D eigenvalue weighted by atomic mass is 15.0. The van der Waals surface area contributed by atoms with E-state index < -0.39 is 0 Å². The minimum absolute atomic E-state index is 0.717. The van der Waals surface area contributed by atoms with Crippen LogP contribution in [-0.4, -0.2) is 11.5 Å². The Morgan fingerprint density at radius 3 is 2.75 bits per heavy atom. The molecule has 3 nitrogen and oxygen atoms in total. The molecule has 0 saturated heterocycles. The second-order valence-corrected chi connectivity index (χ2v) is 2.62. The number of aryl methyl sites for hydroxylation is 1. The first-order valence-electron chi connectivity index (χ1n) is 4.27. The number of anilines is 2. The van der Waals surface area contributed by atoms with Crippen LogP contribution in [0.15, 0.2) is 12.1 Å². The molecule has 0 fully saturated rings. The second-order valence-electron chi connectivity index (χ2n) is 2.62. The lowest BCUT2D eigenvalue weighted by molar-refractivity contribution is 1.03. The van der Waals surface area contributed by atoms with Gasteiger partial charge in [-0.15, -0.1) is 0 Å². The van der Waals surface area contributed by atoms with E-state index in [4.69, 9.17) is 5.73 Å². The largest absolute Gasteiger partial charge is 0.396 e. The molecule has 1 rings (SSSR count). The molecule has 12 heavy (non-hydrogen) atoms. The van der Waals surface area contributed by atoms with Gasteiger partial charge in [-0.3, -0.25) is 0 Å². The molecule has 1 aromatic heterocycles. The number of rotatable bonds is 3. The number of hydrogen-bond donors (Lipinski definition) is 2. The van der Waals surface area contributed by atoms with Gasteiger partial charge in [0.15, 0.2) is 0 Å². The number of hydrogen-bond acceptors (Lipinski definition) is 3. The number of nitrogens with two attached hydrogens (primary N) is 1. The Kier molecular flexibility index (Phi) is 2.91. The van der Waals surface area contributed by atoms with Gasteiger partial charge in [0.25, 0.3) is 0 Å². The van der Waals surface area contributed by atoms with Crippen LogP contribution in [0.3, 0.4) is 0 Å². The van der Waals surface area contributed by atoms with Gasteiger partial charge < -0.3 is 11.1 Å². The van der Waals surface area contributed by atoms with Gasteiger partial charge in [-0.2, -0.15) is 0 Å². The second kappa shape index (κ2) is 3.95. The van der Waals surface area contributed by atoms with Gasteiger partial charge in [-0.1, -0.05) is 6.92 Å². The highest BCUT2D eigenvalue weighted by Crippen LogP contribution is 2.15. The third kappa shape index (κ3) is 1.87. The molecule has 0 aliphatic heterocycles. The van der Waals surface area contributed by atoms with Crippen molar-refractivity contribution in [3.63, 3.8) is 0 Å². The molecular formula is C9H15N3. The first-order chi connectivity index (χ1) is 5.77. The quantitative estimate of drug-likeness (QED) is 0.716. The number of nitrogen functional groups attached to an aromatic ring is 1. The van der Waals surface area contributed by atoms with E-state index >= 15 is 0 Å². The van der Waals surface area contributed by atoms with Gasteiger partial charge in [0.05, 0.1) is 5.69 Å². The molecule has 0 saturated carbocycles. The van der Waals surface area contributed by atoms with Crippen molar-refractivity contribution in [2.45, 2.75) is 20.3 Å². The molecule has 0 aromatic carbocycles. The Labute approximate surface area is 73.0 Å². The summed E-state index contributed by atoms with van der Waals surface area (Å²) in [5, 5.41) is 3.11. The van der Waals surface area contributed by atoms with Gasteiger partial charge in [0.1, 0.15) is 5.82 Å². The molecule has 0 aliphatic carbocycles. The van der Waals surface area contributed by atoms with E-state index in [2.05, 4.69) is 17.2 Å². The lowest BCUT2D eigenvalue weighted by Gasteiger charge is -2.06. The van der Waals surface area contributed by atoms with Crippen molar-refractivity contribution in [3.05, 3.63) is 17.8 Å². The molecule has 0 unspecified atom stereocenters. The molecule has 66 valence electrons. The average molecular weight is 165 g/mol. The van der Waals surface area contributed by atoms with E-state index in [1.165, 1.54) is 0 Å². The van der Waals surface area contributed by atoms with Crippen LogP contribution in [0, 0.1) is 0 Å². The maximum absolute atomic E-state index is 5.71. The summed E-state index contributed by atoms with van der Waals surface area (Å²) in [4.78, 5) is 4.34. The maximum atomic E-state index is 5.71. The third-order valence-electron chi connectivity index (χ3n) is 1.69. The minimum atomic E-state index is 0.717. The van der Waals surface area contributed by atoms with Crippen LogP contribution in [-0.2, 0) is 6.42 Å². The van der Waals surface area contributed by atoms with Crippen LogP contribution < -0.4 is 11.1 Å². The fourth-order valence-corrected chi connectivity index (χ4v) is 1.02. The smallest absolute Gasteiger partial charge is 0.149 e. The first kappa shape index (κ1) is 8.84. The van der Waals surface area contributed by atoms with Crippen molar-refractivity contribution in [1.82, 2.24) is 4.98 Å².